The van der Waals surface area contributed by atoms with E-state index in [1.807, 2.05) is 0 Å². The van der Waals surface area contributed by atoms with E-state index in [1.54, 1.807) is 26.1 Å². The van der Waals surface area contributed by atoms with E-state index >= 15 is 0 Å². The molecule has 0 spiro atoms. The molecular weight excluding hydrogens is 283 g/mol. The van der Waals surface area contributed by atoms with Gasteiger partial charge >= 0.3 is 6.18 Å². The Morgan fingerprint density at radius 3 is 2.57 bits per heavy atom. The number of benzene rings is 1. The molecule has 0 bridgehead atoms. The molecule has 112 valence electrons. The number of nitrogens with one attached hydrogen (secondary N) is 1. The molecule has 7 heteroatoms. The number of hydrogen-bond acceptors (Lipinski definition) is 2. The molecule has 2 rings (SSSR count). The lowest BCUT2D eigenvalue weighted by Crippen LogP contribution is -2.20. The molecule has 0 aliphatic rings. The first-order chi connectivity index (χ1) is 9.79. The smallest absolute Gasteiger partial charge is 0.324 e. The molecule has 0 fully saturated rings. The van der Waals surface area contributed by atoms with Crippen LogP contribution in [0, 0.1) is 5.92 Å². The molecule has 0 saturated carbocycles. The quantitative estimate of drug-likeness (QED) is 0.942. The van der Waals surface area contributed by atoms with Crippen LogP contribution in [0.5, 0.6) is 0 Å². The van der Waals surface area contributed by atoms with Crippen LogP contribution in [-0.4, -0.2) is 15.7 Å². The highest BCUT2D eigenvalue weighted by Crippen LogP contribution is 2.33. The Balaban J connectivity index is 2.48. The second-order valence-corrected chi connectivity index (χ2v) is 4.82. The molecule has 1 aromatic heterocycles. The first kappa shape index (κ1) is 15.1. The summed E-state index contributed by atoms with van der Waals surface area (Å²) in [6.45, 7) is 3.33. The molecule has 0 saturated heterocycles. The maximum absolute atomic E-state index is 12.8. The zero-order chi connectivity index (χ0) is 15.6. The topological polar surface area (TPSA) is 46.9 Å². The van der Waals surface area contributed by atoms with Gasteiger partial charge < -0.3 is 5.32 Å². The summed E-state index contributed by atoms with van der Waals surface area (Å²) in [5.41, 5.74) is -0.369. The molecule has 21 heavy (non-hydrogen) atoms. The van der Waals surface area contributed by atoms with E-state index in [-0.39, 0.29) is 17.5 Å². The van der Waals surface area contributed by atoms with Gasteiger partial charge in [-0.3, -0.25) is 4.79 Å². The van der Waals surface area contributed by atoms with Gasteiger partial charge in [0.2, 0.25) is 5.91 Å². The van der Waals surface area contributed by atoms with Crippen molar-refractivity contribution in [1.82, 2.24) is 9.78 Å². The van der Waals surface area contributed by atoms with E-state index in [1.165, 1.54) is 16.9 Å². The average molecular weight is 297 g/mol. The number of aromatic nitrogens is 2. The van der Waals surface area contributed by atoms with Crippen molar-refractivity contribution >= 4 is 11.6 Å². The monoisotopic (exact) mass is 297 g/mol. The number of amides is 1. The van der Waals surface area contributed by atoms with Crippen molar-refractivity contribution in [2.45, 2.75) is 20.0 Å². The third-order valence-corrected chi connectivity index (χ3v) is 2.86. The highest BCUT2D eigenvalue weighted by atomic mass is 19.4. The molecule has 1 heterocycles. The number of halogens is 3. The Labute approximate surface area is 119 Å². The van der Waals surface area contributed by atoms with Crippen LogP contribution in [0.25, 0.3) is 5.69 Å². The molecule has 4 nitrogen and oxygen atoms in total. The largest absolute Gasteiger partial charge is 0.416 e. The normalized spacial score (nSPS) is 11.7. The van der Waals surface area contributed by atoms with Crippen molar-refractivity contribution in [3.05, 3.63) is 42.2 Å². The standard InChI is InChI=1S/C14H14F3N3O/c1-9(2)13(21)19-11-8-10(14(15,16)17)4-5-12(11)20-7-3-6-18-20/h3-9H,1-2H3,(H,19,21). The summed E-state index contributed by atoms with van der Waals surface area (Å²) in [5.74, 6) is -0.701. The number of hydrogen-bond donors (Lipinski definition) is 1. The van der Waals surface area contributed by atoms with Crippen LogP contribution in [0.1, 0.15) is 19.4 Å². The van der Waals surface area contributed by atoms with Crippen molar-refractivity contribution in [2.24, 2.45) is 5.92 Å². The lowest BCUT2D eigenvalue weighted by Gasteiger charge is -2.15. The number of rotatable bonds is 3. The highest BCUT2D eigenvalue weighted by Gasteiger charge is 2.31. The lowest BCUT2D eigenvalue weighted by atomic mass is 10.1. The van der Waals surface area contributed by atoms with Crippen molar-refractivity contribution in [3.63, 3.8) is 0 Å². The minimum atomic E-state index is -4.47. The number of carbonyl (C=O) groups is 1. The first-order valence-electron chi connectivity index (χ1n) is 6.31. The van der Waals surface area contributed by atoms with Crippen LogP contribution in [0.15, 0.2) is 36.7 Å². The highest BCUT2D eigenvalue weighted by molar-refractivity contribution is 5.94. The summed E-state index contributed by atoms with van der Waals surface area (Å²) in [4.78, 5) is 11.8. The molecule has 0 aliphatic heterocycles. The van der Waals surface area contributed by atoms with Crippen molar-refractivity contribution in [2.75, 3.05) is 5.32 Å². The van der Waals surface area contributed by atoms with Crippen LogP contribution < -0.4 is 5.32 Å². The minimum Gasteiger partial charge on any atom is -0.324 e. The molecule has 1 amide bonds. The fraction of sp³-hybridized carbons (Fsp3) is 0.286. The third-order valence-electron chi connectivity index (χ3n) is 2.86. The molecule has 0 atom stereocenters. The molecular formula is C14H14F3N3O. The predicted octanol–water partition coefficient (Wildman–Crippen LogP) is 3.49. The van der Waals surface area contributed by atoms with Crippen molar-refractivity contribution < 1.29 is 18.0 Å². The Hall–Kier alpha value is -2.31. The second kappa shape index (κ2) is 5.59. The van der Waals surface area contributed by atoms with Crippen LogP contribution in [0.3, 0.4) is 0 Å². The zero-order valence-electron chi connectivity index (χ0n) is 11.5. The zero-order valence-corrected chi connectivity index (χ0v) is 11.5. The molecule has 1 aromatic carbocycles. The van der Waals surface area contributed by atoms with Gasteiger partial charge in [0.15, 0.2) is 0 Å². The third kappa shape index (κ3) is 3.42. The van der Waals surface area contributed by atoms with Gasteiger partial charge in [-0.1, -0.05) is 13.8 Å². The van der Waals surface area contributed by atoms with E-state index < -0.39 is 11.7 Å². The van der Waals surface area contributed by atoms with Crippen LogP contribution in [-0.2, 0) is 11.0 Å². The van der Waals surface area contributed by atoms with Gasteiger partial charge in [0.25, 0.3) is 0 Å². The van der Waals surface area contributed by atoms with E-state index in [0.29, 0.717) is 5.69 Å². The Bertz CT molecular complexity index is 633. The summed E-state index contributed by atoms with van der Waals surface area (Å²) in [7, 11) is 0. The number of alkyl halides is 3. The second-order valence-electron chi connectivity index (χ2n) is 4.82. The van der Waals surface area contributed by atoms with E-state index in [0.717, 1.165) is 12.1 Å². The van der Waals surface area contributed by atoms with Gasteiger partial charge in [0, 0.05) is 18.3 Å². The SMILES string of the molecule is CC(C)C(=O)Nc1cc(C(F)(F)F)ccc1-n1cccn1. The summed E-state index contributed by atoms with van der Waals surface area (Å²) < 4.78 is 39.8. The summed E-state index contributed by atoms with van der Waals surface area (Å²) >= 11 is 0. The van der Waals surface area contributed by atoms with Crippen LogP contribution in [0.4, 0.5) is 18.9 Å². The first-order valence-corrected chi connectivity index (χ1v) is 6.31. The predicted molar refractivity (Wildman–Crippen MR) is 72.0 cm³/mol. The van der Waals surface area contributed by atoms with Crippen LogP contribution >= 0.6 is 0 Å². The van der Waals surface area contributed by atoms with E-state index in [4.69, 9.17) is 0 Å². The number of anilines is 1. The van der Waals surface area contributed by atoms with Gasteiger partial charge in [-0.15, -0.1) is 0 Å². The van der Waals surface area contributed by atoms with Gasteiger partial charge in [-0.05, 0) is 24.3 Å². The number of carbonyl (C=O) groups excluding carboxylic acids is 1. The van der Waals surface area contributed by atoms with Gasteiger partial charge in [0.05, 0.1) is 16.9 Å². The fourth-order valence-corrected chi connectivity index (χ4v) is 1.70. The summed E-state index contributed by atoms with van der Waals surface area (Å²) in [6.07, 6.45) is -1.38. The van der Waals surface area contributed by atoms with E-state index in [2.05, 4.69) is 10.4 Å². The fourth-order valence-electron chi connectivity index (χ4n) is 1.70. The Morgan fingerprint density at radius 1 is 1.33 bits per heavy atom. The van der Waals surface area contributed by atoms with Crippen molar-refractivity contribution in [3.8, 4) is 5.69 Å². The van der Waals surface area contributed by atoms with E-state index in [9.17, 15) is 18.0 Å². The maximum atomic E-state index is 12.8. The van der Waals surface area contributed by atoms with Crippen molar-refractivity contribution in [1.29, 1.82) is 0 Å². The molecule has 0 unspecified atom stereocenters. The van der Waals surface area contributed by atoms with Gasteiger partial charge in [-0.25, -0.2) is 4.68 Å². The number of nitrogens with zero attached hydrogens (tertiary/aromatic N) is 2. The molecule has 0 aliphatic carbocycles. The average Bonchev–Trinajstić information content (AvgIpc) is 2.91. The minimum absolute atomic E-state index is 0.0761. The lowest BCUT2D eigenvalue weighted by molar-refractivity contribution is -0.137. The molecule has 1 N–H and O–H groups in total. The Morgan fingerprint density at radius 2 is 2.05 bits per heavy atom. The van der Waals surface area contributed by atoms with Gasteiger partial charge in [-0.2, -0.15) is 18.3 Å². The molecule has 0 radical (unpaired) electrons. The summed E-state index contributed by atoms with van der Waals surface area (Å²) in [5, 5.41) is 6.49. The van der Waals surface area contributed by atoms with Crippen LogP contribution in [0.2, 0.25) is 0 Å². The van der Waals surface area contributed by atoms with Gasteiger partial charge in [0.1, 0.15) is 0 Å². The maximum Gasteiger partial charge on any atom is 0.416 e. The summed E-state index contributed by atoms with van der Waals surface area (Å²) in [6, 6.07) is 4.80. The Kier molecular flexibility index (Phi) is 4.02. The molecule has 2 aromatic rings.